The molecule has 0 spiro atoms. The molecule has 10 heteroatoms. The lowest BCUT2D eigenvalue weighted by molar-refractivity contribution is -0.134. The number of carbonyl (C=O) groups excluding carboxylic acids is 1. The summed E-state index contributed by atoms with van der Waals surface area (Å²) in [5.74, 6) is -1.03. The third-order valence-electron chi connectivity index (χ3n) is 4.06. The summed E-state index contributed by atoms with van der Waals surface area (Å²) in [6.07, 6.45) is 1.79. The van der Waals surface area contributed by atoms with Gasteiger partial charge >= 0.3 is 0 Å². The molecule has 1 saturated heterocycles. The fourth-order valence-corrected chi connectivity index (χ4v) is 4.57. The maximum absolute atomic E-state index is 12.4. The number of nitrogen functional groups attached to an aromatic ring is 1. The number of carbonyl (C=O) groups is 2. The van der Waals surface area contributed by atoms with Gasteiger partial charge in [-0.25, -0.2) is 8.42 Å². The SMILES string of the molecule is CC(=O)O.CCCS(=O)(=O)N1CCC[C@H]1C(=O)NCc1ccc(C(=N)N)cc1. The first-order valence-corrected chi connectivity index (χ1v) is 10.6. The van der Waals surface area contributed by atoms with Crippen LogP contribution < -0.4 is 11.1 Å². The first kappa shape index (κ1) is 23.6. The Bertz CT molecular complexity index is 789. The second-order valence-electron chi connectivity index (χ2n) is 6.43. The summed E-state index contributed by atoms with van der Waals surface area (Å²) >= 11 is 0. The molecule has 1 fully saturated rings. The van der Waals surface area contributed by atoms with Crippen molar-refractivity contribution in [1.29, 1.82) is 5.41 Å². The molecule has 0 radical (unpaired) electrons. The monoisotopic (exact) mass is 412 g/mol. The van der Waals surface area contributed by atoms with Crippen molar-refractivity contribution in [3.05, 3.63) is 35.4 Å². The van der Waals surface area contributed by atoms with Crippen LogP contribution in [0.25, 0.3) is 0 Å². The molecule has 28 heavy (non-hydrogen) atoms. The standard InChI is InChI=1S/C16H24N4O3S.C2H4O2/c1-2-10-24(22,23)20-9-3-4-14(20)16(21)19-11-12-5-7-13(8-6-12)15(17)18;1-2(3)4/h5-8,14H,2-4,9-11H2,1H3,(H3,17,18)(H,19,21);1H3,(H,3,4)/t14-;/m0./s1. The minimum atomic E-state index is -3.37. The second-order valence-corrected chi connectivity index (χ2v) is 8.47. The molecule has 1 amide bonds. The minimum Gasteiger partial charge on any atom is -0.481 e. The van der Waals surface area contributed by atoms with E-state index in [1.807, 2.05) is 6.92 Å². The van der Waals surface area contributed by atoms with E-state index in [9.17, 15) is 13.2 Å². The number of hydrogen-bond donors (Lipinski definition) is 4. The quantitative estimate of drug-likeness (QED) is 0.385. The zero-order chi connectivity index (χ0) is 21.3. The summed E-state index contributed by atoms with van der Waals surface area (Å²) in [5, 5.41) is 17.6. The van der Waals surface area contributed by atoms with Crippen LogP contribution in [0.5, 0.6) is 0 Å². The lowest BCUT2D eigenvalue weighted by Crippen LogP contribution is -2.46. The molecule has 1 aliphatic heterocycles. The zero-order valence-corrected chi connectivity index (χ0v) is 17.0. The van der Waals surface area contributed by atoms with Gasteiger partial charge in [0.1, 0.15) is 11.9 Å². The van der Waals surface area contributed by atoms with E-state index in [1.54, 1.807) is 24.3 Å². The molecule has 0 aliphatic carbocycles. The van der Waals surface area contributed by atoms with E-state index in [0.717, 1.165) is 12.5 Å². The van der Waals surface area contributed by atoms with Gasteiger partial charge in [0.05, 0.1) is 5.75 Å². The number of aliphatic carboxylic acids is 1. The third-order valence-corrected chi connectivity index (χ3v) is 6.13. The molecule has 1 aromatic rings. The van der Waals surface area contributed by atoms with Gasteiger partial charge in [0.2, 0.25) is 15.9 Å². The van der Waals surface area contributed by atoms with E-state index >= 15 is 0 Å². The van der Waals surface area contributed by atoms with Crippen molar-refractivity contribution in [3.63, 3.8) is 0 Å². The summed E-state index contributed by atoms with van der Waals surface area (Å²) in [7, 11) is -3.37. The average Bonchev–Trinajstić information content (AvgIpc) is 3.10. The first-order valence-electron chi connectivity index (χ1n) is 8.98. The Labute approximate surface area is 165 Å². The highest BCUT2D eigenvalue weighted by atomic mass is 32.2. The molecule has 1 aliphatic rings. The van der Waals surface area contributed by atoms with Gasteiger partial charge in [-0.3, -0.25) is 15.0 Å². The Morgan fingerprint density at radius 1 is 1.32 bits per heavy atom. The number of carboxylic acid groups (broad SMARTS) is 1. The maximum Gasteiger partial charge on any atom is 0.300 e. The van der Waals surface area contributed by atoms with E-state index in [4.69, 9.17) is 21.0 Å². The highest BCUT2D eigenvalue weighted by Gasteiger charge is 2.37. The van der Waals surface area contributed by atoms with Crippen LogP contribution in [0.15, 0.2) is 24.3 Å². The van der Waals surface area contributed by atoms with Gasteiger partial charge in [-0.1, -0.05) is 31.2 Å². The number of nitrogens with zero attached hydrogens (tertiary/aromatic N) is 1. The fraction of sp³-hybridized carbons (Fsp3) is 0.500. The van der Waals surface area contributed by atoms with E-state index in [0.29, 0.717) is 37.9 Å². The van der Waals surface area contributed by atoms with Crippen LogP contribution in [-0.4, -0.2) is 53.9 Å². The predicted molar refractivity (Wildman–Crippen MR) is 106 cm³/mol. The van der Waals surface area contributed by atoms with Crippen molar-refractivity contribution in [1.82, 2.24) is 9.62 Å². The number of rotatable bonds is 7. The number of nitrogens with two attached hydrogens (primary N) is 1. The number of benzene rings is 1. The molecule has 1 aromatic carbocycles. The number of carboxylic acids is 1. The van der Waals surface area contributed by atoms with Gasteiger partial charge in [-0.2, -0.15) is 4.31 Å². The molecule has 0 bridgehead atoms. The normalized spacial score (nSPS) is 16.7. The number of hydrogen-bond acceptors (Lipinski definition) is 5. The number of nitrogens with one attached hydrogen (secondary N) is 2. The topological polar surface area (TPSA) is 154 Å². The Morgan fingerprint density at radius 2 is 1.89 bits per heavy atom. The van der Waals surface area contributed by atoms with Crippen LogP contribution >= 0.6 is 0 Å². The molecule has 1 heterocycles. The summed E-state index contributed by atoms with van der Waals surface area (Å²) in [5.41, 5.74) is 6.89. The van der Waals surface area contributed by atoms with Gasteiger partial charge in [-0.15, -0.1) is 0 Å². The summed E-state index contributed by atoms with van der Waals surface area (Å²) in [4.78, 5) is 21.4. The zero-order valence-electron chi connectivity index (χ0n) is 16.1. The summed E-state index contributed by atoms with van der Waals surface area (Å²) < 4.78 is 25.8. The van der Waals surface area contributed by atoms with Crippen LogP contribution in [0.3, 0.4) is 0 Å². The van der Waals surface area contributed by atoms with E-state index < -0.39 is 22.0 Å². The average molecular weight is 413 g/mol. The second kappa shape index (κ2) is 10.8. The van der Waals surface area contributed by atoms with Crippen molar-refractivity contribution in [2.75, 3.05) is 12.3 Å². The van der Waals surface area contributed by atoms with Gasteiger partial charge < -0.3 is 16.2 Å². The number of amides is 1. The van der Waals surface area contributed by atoms with Crippen LogP contribution in [0.1, 0.15) is 44.2 Å². The minimum absolute atomic E-state index is 0.00619. The third kappa shape index (κ3) is 7.28. The molecule has 0 saturated carbocycles. The smallest absolute Gasteiger partial charge is 0.300 e. The molecule has 0 unspecified atom stereocenters. The molecule has 5 N–H and O–H groups in total. The van der Waals surface area contributed by atoms with E-state index in [-0.39, 0.29) is 17.5 Å². The molecular formula is C18H28N4O5S. The molecule has 0 aromatic heterocycles. The molecule has 9 nitrogen and oxygen atoms in total. The largest absolute Gasteiger partial charge is 0.481 e. The molecule has 2 rings (SSSR count). The highest BCUT2D eigenvalue weighted by Crippen LogP contribution is 2.22. The van der Waals surface area contributed by atoms with Crippen molar-refractivity contribution in [3.8, 4) is 0 Å². The lowest BCUT2D eigenvalue weighted by atomic mass is 10.1. The maximum atomic E-state index is 12.4. The fourth-order valence-electron chi connectivity index (χ4n) is 2.82. The van der Waals surface area contributed by atoms with E-state index in [2.05, 4.69) is 5.32 Å². The van der Waals surface area contributed by atoms with Crippen molar-refractivity contribution in [2.24, 2.45) is 5.73 Å². The molecular weight excluding hydrogens is 384 g/mol. The molecule has 1 atom stereocenters. The van der Waals surface area contributed by atoms with Gasteiger partial charge in [-0.05, 0) is 24.8 Å². The lowest BCUT2D eigenvalue weighted by Gasteiger charge is -2.23. The van der Waals surface area contributed by atoms with Gasteiger partial charge in [0, 0.05) is 25.6 Å². The molecule has 156 valence electrons. The van der Waals surface area contributed by atoms with Crippen molar-refractivity contribution >= 4 is 27.7 Å². The summed E-state index contributed by atoms with van der Waals surface area (Å²) in [6, 6.07) is 6.40. The Kier molecular flexibility index (Phi) is 9.07. The van der Waals surface area contributed by atoms with Gasteiger partial charge in [0.25, 0.3) is 5.97 Å². The summed E-state index contributed by atoms with van der Waals surface area (Å²) in [6.45, 7) is 3.62. The van der Waals surface area contributed by atoms with Crippen LogP contribution in [-0.2, 0) is 26.2 Å². The van der Waals surface area contributed by atoms with Crippen molar-refractivity contribution in [2.45, 2.75) is 45.7 Å². The Hall–Kier alpha value is -2.46. The number of sulfonamides is 1. The Morgan fingerprint density at radius 3 is 2.39 bits per heavy atom. The van der Waals surface area contributed by atoms with Crippen molar-refractivity contribution < 1.29 is 23.1 Å². The predicted octanol–water partition coefficient (Wildman–Crippen LogP) is 0.882. The van der Waals surface area contributed by atoms with Crippen LogP contribution in [0, 0.1) is 5.41 Å². The first-order chi connectivity index (χ1) is 13.1. The Balaban J connectivity index is 0.000000892. The van der Waals surface area contributed by atoms with E-state index in [1.165, 1.54) is 4.31 Å². The number of amidine groups is 1. The highest BCUT2D eigenvalue weighted by molar-refractivity contribution is 7.89. The van der Waals surface area contributed by atoms with Crippen LogP contribution in [0.4, 0.5) is 0 Å². The van der Waals surface area contributed by atoms with Gasteiger partial charge in [0.15, 0.2) is 0 Å². The van der Waals surface area contributed by atoms with Crippen LogP contribution in [0.2, 0.25) is 0 Å².